The van der Waals surface area contributed by atoms with Crippen molar-refractivity contribution in [1.82, 2.24) is 10.3 Å². The van der Waals surface area contributed by atoms with Crippen molar-refractivity contribution < 1.29 is 4.74 Å². The quantitative estimate of drug-likeness (QED) is 0.914. The van der Waals surface area contributed by atoms with Crippen LogP contribution < -0.4 is 10.1 Å². The fourth-order valence-corrected chi connectivity index (χ4v) is 1.86. The molecule has 0 bridgehead atoms. The van der Waals surface area contributed by atoms with Gasteiger partial charge in [0, 0.05) is 18.8 Å². The topological polar surface area (TPSA) is 34.1 Å². The van der Waals surface area contributed by atoms with Gasteiger partial charge in [-0.1, -0.05) is 29.3 Å². The predicted octanol–water partition coefficient (Wildman–Crippen LogP) is 3.69. The van der Waals surface area contributed by atoms with Gasteiger partial charge in [-0.25, -0.2) is 0 Å². The number of pyridine rings is 1. The minimum Gasteiger partial charge on any atom is -0.487 e. The number of hydrogen-bond donors (Lipinski definition) is 1. The van der Waals surface area contributed by atoms with Crippen molar-refractivity contribution in [2.75, 3.05) is 7.05 Å². The summed E-state index contributed by atoms with van der Waals surface area (Å²) in [5.41, 5.74) is 2.01. The van der Waals surface area contributed by atoms with Crippen molar-refractivity contribution in [3.8, 4) is 5.75 Å². The van der Waals surface area contributed by atoms with Crippen molar-refractivity contribution in [2.45, 2.75) is 13.2 Å². The largest absolute Gasteiger partial charge is 0.487 e. The predicted molar refractivity (Wildman–Crippen MR) is 77.8 cm³/mol. The molecule has 0 aliphatic carbocycles. The molecule has 1 heterocycles. The van der Waals surface area contributed by atoms with Crippen LogP contribution in [-0.2, 0) is 13.2 Å². The zero-order chi connectivity index (χ0) is 13.7. The number of halogens is 2. The van der Waals surface area contributed by atoms with Gasteiger partial charge >= 0.3 is 0 Å². The van der Waals surface area contributed by atoms with Crippen molar-refractivity contribution in [3.05, 3.63) is 57.8 Å². The monoisotopic (exact) mass is 296 g/mol. The second kappa shape index (κ2) is 6.75. The van der Waals surface area contributed by atoms with Crippen molar-refractivity contribution in [2.24, 2.45) is 0 Å². The second-order valence-electron chi connectivity index (χ2n) is 4.05. The van der Waals surface area contributed by atoms with E-state index in [1.54, 1.807) is 18.2 Å². The van der Waals surface area contributed by atoms with Gasteiger partial charge in [0.05, 0.1) is 15.7 Å². The number of aromatic nitrogens is 1. The minimum absolute atomic E-state index is 0.401. The van der Waals surface area contributed by atoms with E-state index in [0.717, 1.165) is 17.8 Å². The van der Waals surface area contributed by atoms with E-state index < -0.39 is 0 Å². The van der Waals surface area contributed by atoms with Gasteiger partial charge in [-0.15, -0.1) is 0 Å². The minimum atomic E-state index is 0.401. The number of rotatable bonds is 5. The molecule has 5 heteroatoms. The molecule has 0 aliphatic heterocycles. The van der Waals surface area contributed by atoms with Crippen LogP contribution >= 0.6 is 23.2 Å². The molecule has 0 spiro atoms. The average Bonchev–Trinajstić information content (AvgIpc) is 2.42. The summed E-state index contributed by atoms with van der Waals surface area (Å²) in [7, 11) is 1.90. The Bertz CT molecular complexity index is 544. The van der Waals surface area contributed by atoms with Gasteiger partial charge in [0.15, 0.2) is 0 Å². The summed E-state index contributed by atoms with van der Waals surface area (Å²) in [6, 6.07) is 9.16. The van der Waals surface area contributed by atoms with Crippen LogP contribution in [0, 0.1) is 0 Å². The standard InChI is InChI=1S/C14H14Cl2N2O/c1-17-7-10-2-3-11(18-8-10)9-19-12-4-5-13(15)14(16)6-12/h2-6,8,17H,7,9H2,1H3. The third kappa shape index (κ3) is 4.10. The van der Waals surface area contributed by atoms with Crippen molar-refractivity contribution >= 4 is 23.2 Å². The van der Waals surface area contributed by atoms with E-state index in [0.29, 0.717) is 22.4 Å². The summed E-state index contributed by atoms with van der Waals surface area (Å²) in [6.07, 6.45) is 1.84. The summed E-state index contributed by atoms with van der Waals surface area (Å²) >= 11 is 11.8. The van der Waals surface area contributed by atoms with Gasteiger partial charge in [0.25, 0.3) is 0 Å². The maximum absolute atomic E-state index is 5.92. The lowest BCUT2D eigenvalue weighted by molar-refractivity contribution is 0.301. The Morgan fingerprint density at radius 1 is 1.16 bits per heavy atom. The summed E-state index contributed by atoms with van der Waals surface area (Å²) in [5, 5.41) is 4.07. The molecular weight excluding hydrogens is 283 g/mol. The molecular formula is C14H14Cl2N2O. The summed E-state index contributed by atoms with van der Waals surface area (Å²) < 4.78 is 5.61. The smallest absolute Gasteiger partial charge is 0.130 e. The third-order valence-corrected chi connectivity index (χ3v) is 3.28. The second-order valence-corrected chi connectivity index (χ2v) is 4.87. The van der Waals surface area contributed by atoms with Gasteiger partial charge in [-0.3, -0.25) is 4.98 Å². The highest BCUT2D eigenvalue weighted by Gasteiger charge is 2.02. The number of nitrogens with zero attached hydrogens (tertiary/aromatic N) is 1. The van der Waals surface area contributed by atoms with E-state index in [-0.39, 0.29) is 0 Å². The molecule has 19 heavy (non-hydrogen) atoms. The molecule has 1 aromatic heterocycles. The molecule has 0 saturated heterocycles. The molecule has 0 atom stereocenters. The molecule has 2 rings (SSSR count). The lowest BCUT2D eigenvalue weighted by Crippen LogP contribution is -2.06. The number of ether oxygens (including phenoxy) is 1. The van der Waals surface area contributed by atoms with Crippen LogP contribution in [-0.4, -0.2) is 12.0 Å². The average molecular weight is 297 g/mol. The van der Waals surface area contributed by atoms with Crippen LogP contribution in [0.1, 0.15) is 11.3 Å². The SMILES string of the molecule is CNCc1ccc(COc2ccc(Cl)c(Cl)c2)nc1. The van der Waals surface area contributed by atoms with E-state index in [9.17, 15) is 0 Å². The number of nitrogens with one attached hydrogen (secondary N) is 1. The fraction of sp³-hybridized carbons (Fsp3) is 0.214. The number of benzene rings is 1. The molecule has 0 fully saturated rings. The molecule has 0 saturated carbocycles. The highest BCUT2D eigenvalue weighted by molar-refractivity contribution is 6.42. The first-order chi connectivity index (χ1) is 9.19. The Hall–Kier alpha value is -1.29. The van der Waals surface area contributed by atoms with E-state index in [2.05, 4.69) is 10.3 Å². The van der Waals surface area contributed by atoms with Gasteiger partial charge in [-0.05, 0) is 30.8 Å². The van der Waals surface area contributed by atoms with Crippen LogP contribution in [0.5, 0.6) is 5.75 Å². The Morgan fingerprint density at radius 2 is 2.00 bits per heavy atom. The Balaban J connectivity index is 1.96. The molecule has 0 radical (unpaired) electrons. The maximum atomic E-state index is 5.92. The fourth-order valence-electron chi connectivity index (χ4n) is 1.57. The molecule has 3 nitrogen and oxygen atoms in total. The highest BCUT2D eigenvalue weighted by atomic mass is 35.5. The lowest BCUT2D eigenvalue weighted by atomic mass is 10.2. The van der Waals surface area contributed by atoms with Crippen LogP contribution in [0.2, 0.25) is 10.0 Å². The number of hydrogen-bond acceptors (Lipinski definition) is 3. The van der Waals surface area contributed by atoms with E-state index >= 15 is 0 Å². The molecule has 0 unspecified atom stereocenters. The zero-order valence-corrected chi connectivity index (χ0v) is 12.0. The normalized spacial score (nSPS) is 10.5. The lowest BCUT2D eigenvalue weighted by Gasteiger charge is -2.07. The summed E-state index contributed by atoms with van der Waals surface area (Å²) in [6.45, 7) is 1.21. The molecule has 2 aromatic rings. The first kappa shape index (κ1) is 14.1. The van der Waals surface area contributed by atoms with Crippen LogP contribution in [0.15, 0.2) is 36.5 Å². The Morgan fingerprint density at radius 3 is 2.63 bits per heavy atom. The summed E-state index contributed by atoms with van der Waals surface area (Å²) in [4.78, 5) is 4.33. The summed E-state index contributed by atoms with van der Waals surface area (Å²) in [5.74, 6) is 0.676. The third-order valence-electron chi connectivity index (χ3n) is 2.54. The van der Waals surface area contributed by atoms with E-state index in [4.69, 9.17) is 27.9 Å². The molecule has 1 aromatic carbocycles. The van der Waals surface area contributed by atoms with Gasteiger partial charge in [0.1, 0.15) is 12.4 Å². The highest BCUT2D eigenvalue weighted by Crippen LogP contribution is 2.26. The van der Waals surface area contributed by atoms with Crippen molar-refractivity contribution in [3.63, 3.8) is 0 Å². The molecule has 0 amide bonds. The van der Waals surface area contributed by atoms with E-state index in [1.165, 1.54) is 0 Å². The van der Waals surface area contributed by atoms with Gasteiger partial charge < -0.3 is 10.1 Å². The molecule has 0 aliphatic rings. The first-order valence-corrected chi connectivity index (χ1v) is 6.61. The van der Waals surface area contributed by atoms with Crippen LogP contribution in [0.3, 0.4) is 0 Å². The van der Waals surface area contributed by atoms with Gasteiger partial charge in [-0.2, -0.15) is 0 Å². The molecule has 100 valence electrons. The first-order valence-electron chi connectivity index (χ1n) is 5.85. The van der Waals surface area contributed by atoms with Crippen LogP contribution in [0.25, 0.3) is 0 Å². The van der Waals surface area contributed by atoms with Crippen molar-refractivity contribution in [1.29, 1.82) is 0 Å². The Kier molecular flexibility index (Phi) is 5.02. The van der Waals surface area contributed by atoms with E-state index in [1.807, 2.05) is 25.4 Å². The molecule has 1 N–H and O–H groups in total. The van der Waals surface area contributed by atoms with Crippen LogP contribution in [0.4, 0.5) is 0 Å². The van der Waals surface area contributed by atoms with Gasteiger partial charge in [0.2, 0.25) is 0 Å². The Labute approximate surface area is 122 Å². The zero-order valence-electron chi connectivity index (χ0n) is 10.5. The maximum Gasteiger partial charge on any atom is 0.130 e.